The molecule has 0 radical (unpaired) electrons. The molecule has 0 aliphatic rings. The molecule has 0 aliphatic heterocycles. The quantitative estimate of drug-likeness (QED) is 0.646. The van der Waals surface area contributed by atoms with E-state index in [1.165, 1.54) is 17.6 Å². The van der Waals surface area contributed by atoms with Gasteiger partial charge in [-0.15, -0.1) is 0 Å². The molecule has 6 nitrogen and oxygen atoms in total. The topological polar surface area (TPSA) is 73.2 Å². The Morgan fingerprint density at radius 3 is 2.96 bits per heavy atom. The van der Waals surface area contributed by atoms with Gasteiger partial charge in [0.1, 0.15) is 5.56 Å². The fourth-order valence-corrected chi connectivity index (χ4v) is 3.29. The molecule has 7 heteroatoms. The Bertz CT molecular complexity index is 978. The summed E-state index contributed by atoms with van der Waals surface area (Å²) in [5.41, 5.74) is 0.864. The van der Waals surface area contributed by atoms with Crippen LogP contribution in [0.4, 0.5) is 5.82 Å². The third-order valence-corrected chi connectivity index (χ3v) is 4.75. The van der Waals surface area contributed by atoms with Crippen LogP contribution in [0.5, 0.6) is 0 Å². The van der Waals surface area contributed by atoms with E-state index >= 15 is 0 Å². The molecule has 2 heterocycles. The van der Waals surface area contributed by atoms with Gasteiger partial charge in [0.15, 0.2) is 11.2 Å². The molecule has 2 aromatic heterocycles. The van der Waals surface area contributed by atoms with Gasteiger partial charge < -0.3 is 14.6 Å². The average molecular weight is 371 g/mol. The summed E-state index contributed by atoms with van der Waals surface area (Å²) < 4.78 is 12.5. The van der Waals surface area contributed by atoms with E-state index in [1.807, 2.05) is 32.0 Å². The van der Waals surface area contributed by atoms with Gasteiger partial charge in [0.2, 0.25) is 0 Å². The van der Waals surface area contributed by atoms with Crippen molar-refractivity contribution >= 4 is 33.3 Å². The number of anilines is 1. The van der Waals surface area contributed by atoms with E-state index in [0.717, 1.165) is 22.1 Å². The molecule has 0 fully saturated rings. The van der Waals surface area contributed by atoms with Gasteiger partial charge in [-0.3, -0.25) is 9.59 Å². The third kappa shape index (κ3) is 4.17. The monoisotopic (exact) mass is 371 g/mol. The lowest BCUT2D eigenvalue weighted by molar-refractivity contribution is 0.102. The number of ether oxygens (including phenoxy) is 1. The van der Waals surface area contributed by atoms with Crippen LogP contribution in [0.3, 0.4) is 0 Å². The number of aryl methyl sites for hydroxylation is 1. The summed E-state index contributed by atoms with van der Waals surface area (Å²) in [6.07, 6.45) is 4.18. The van der Waals surface area contributed by atoms with Gasteiger partial charge in [-0.25, -0.2) is 0 Å². The molecule has 0 unspecified atom stereocenters. The number of aromatic nitrogens is 2. The maximum absolute atomic E-state index is 12.6. The lowest BCUT2D eigenvalue weighted by Crippen LogP contribution is -2.23. The molecule has 3 rings (SSSR count). The largest absolute Gasteiger partial charge is 0.380 e. The molecule has 0 atom stereocenters. The Balaban J connectivity index is 1.78. The Kier molecular flexibility index (Phi) is 5.80. The number of pyridine rings is 1. The summed E-state index contributed by atoms with van der Waals surface area (Å²) in [4.78, 5) is 24.7. The van der Waals surface area contributed by atoms with Crippen LogP contribution in [0, 0.1) is 6.92 Å². The predicted molar refractivity (Wildman–Crippen MR) is 104 cm³/mol. The molecule has 1 amide bonds. The number of amides is 1. The molecule has 0 spiro atoms. The number of nitrogens with zero attached hydrogens (tertiary/aromatic N) is 2. The number of benzene rings is 1. The summed E-state index contributed by atoms with van der Waals surface area (Å²) in [5.74, 6) is 0.0346. The maximum atomic E-state index is 12.6. The highest BCUT2D eigenvalue weighted by Gasteiger charge is 2.14. The van der Waals surface area contributed by atoms with Crippen LogP contribution in [0.15, 0.2) is 41.5 Å². The van der Waals surface area contributed by atoms with E-state index in [9.17, 15) is 9.59 Å². The van der Waals surface area contributed by atoms with Crippen molar-refractivity contribution in [1.29, 1.82) is 0 Å². The van der Waals surface area contributed by atoms with Crippen molar-refractivity contribution in [2.24, 2.45) is 0 Å². The summed E-state index contributed by atoms with van der Waals surface area (Å²) in [7, 11) is 0. The lowest BCUT2D eigenvalue weighted by atomic mass is 10.2. The zero-order valence-corrected chi connectivity index (χ0v) is 15.6. The molecule has 26 heavy (non-hydrogen) atoms. The van der Waals surface area contributed by atoms with Crippen LogP contribution in [0.25, 0.3) is 10.1 Å². The van der Waals surface area contributed by atoms with E-state index in [2.05, 4.69) is 9.69 Å². The third-order valence-electron chi connectivity index (χ3n) is 3.92. The first-order valence-corrected chi connectivity index (χ1v) is 9.31. The second kappa shape index (κ2) is 8.25. The highest BCUT2D eigenvalue weighted by Crippen LogP contribution is 2.27. The zero-order chi connectivity index (χ0) is 18.5. The molecule has 3 aromatic rings. The number of hydrogen-bond acceptors (Lipinski definition) is 5. The fourth-order valence-electron chi connectivity index (χ4n) is 2.57. The highest BCUT2D eigenvalue weighted by molar-refractivity contribution is 7.13. The van der Waals surface area contributed by atoms with Crippen molar-refractivity contribution in [2.75, 3.05) is 18.5 Å². The van der Waals surface area contributed by atoms with Gasteiger partial charge in [0, 0.05) is 37.0 Å². The van der Waals surface area contributed by atoms with Gasteiger partial charge in [-0.1, -0.05) is 18.6 Å². The Morgan fingerprint density at radius 2 is 2.15 bits per heavy atom. The molecule has 0 saturated carbocycles. The Morgan fingerprint density at radius 1 is 1.31 bits per heavy atom. The maximum Gasteiger partial charge on any atom is 0.262 e. The Hall–Kier alpha value is -2.51. The average Bonchev–Trinajstić information content (AvgIpc) is 3.02. The number of hydrogen-bond donors (Lipinski definition) is 1. The molecule has 0 bridgehead atoms. The van der Waals surface area contributed by atoms with Crippen molar-refractivity contribution in [1.82, 2.24) is 8.94 Å². The molecule has 136 valence electrons. The van der Waals surface area contributed by atoms with Gasteiger partial charge in [-0.2, -0.15) is 4.37 Å². The second-order valence-electron chi connectivity index (χ2n) is 6.06. The van der Waals surface area contributed by atoms with Crippen molar-refractivity contribution in [3.05, 3.63) is 58.0 Å². The summed E-state index contributed by atoms with van der Waals surface area (Å²) in [5, 5.41) is 3.65. The summed E-state index contributed by atoms with van der Waals surface area (Å²) in [6.45, 7) is 5.85. The van der Waals surface area contributed by atoms with Gasteiger partial charge in [0.05, 0.1) is 11.3 Å². The van der Waals surface area contributed by atoms with Crippen LogP contribution in [-0.4, -0.2) is 28.1 Å². The number of rotatable bonds is 7. The summed E-state index contributed by atoms with van der Waals surface area (Å²) >= 11 is 1.32. The van der Waals surface area contributed by atoms with Crippen molar-refractivity contribution in [2.45, 2.75) is 26.8 Å². The first-order chi connectivity index (χ1) is 12.6. The predicted octanol–water partition coefficient (Wildman–Crippen LogP) is 3.45. The highest BCUT2D eigenvalue weighted by atomic mass is 32.1. The first kappa shape index (κ1) is 18.3. The second-order valence-corrected chi connectivity index (χ2v) is 6.86. The fraction of sp³-hybridized carbons (Fsp3) is 0.316. The number of nitrogens with one attached hydrogen (secondary N) is 1. The number of carbonyl (C=O) groups excluding carboxylic acids is 1. The van der Waals surface area contributed by atoms with Crippen LogP contribution in [0.1, 0.15) is 29.3 Å². The lowest BCUT2D eigenvalue weighted by Gasteiger charge is -2.09. The summed E-state index contributed by atoms with van der Waals surface area (Å²) in [6, 6.07) is 7.35. The SMILES string of the molecule is CCCOCCn1ccc(=O)c(C(=O)Nc2nsc3ccc(C)cc23)c1. The van der Waals surface area contributed by atoms with Gasteiger partial charge in [0.25, 0.3) is 5.91 Å². The van der Waals surface area contributed by atoms with E-state index < -0.39 is 5.91 Å². The molecular formula is C19H21N3O3S. The minimum atomic E-state index is -0.451. The molecule has 1 N–H and O–H groups in total. The van der Waals surface area contributed by atoms with Crippen LogP contribution in [-0.2, 0) is 11.3 Å². The standard InChI is InChI=1S/C19H21N3O3S/c1-3-9-25-10-8-22-7-6-16(23)15(12-22)19(24)20-18-14-11-13(2)4-5-17(14)26-21-18/h4-7,11-12H,3,8-10H2,1-2H3,(H,20,21,24). The molecule has 0 aliphatic carbocycles. The van der Waals surface area contributed by atoms with E-state index in [1.54, 1.807) is 17.0 Å². The first-order valence-electron chi connectivity index (χ1n) is 8.53. The molecule has 1 aromatic carbocycles. The minimum absolute atomic E-state index is 0.0943. The van der Waals surface area contributed by atoms with Gasteiger partial charge >= 0.3 is 0 Å². The van der Waals surface area contributed by atoms with Crippen LogP contribution >= 0.6 is 11.5 Å². The zero-order valence-electron chi connectivity index (χ0n) is 14.8. The number of fused-ring (bicyclic) bond motifs is 1. The van der Waals surface area contributed by atoms with E-state index in [0.29, 0.717) is 25.6 Å². The Labute approximate surface area is 155 Å². The number of carbonyl (C=O) groups is 1. The van der Waals surface area contributed by atoms with Crippen molar-refractivity contribution in [3.8, 4) is 0 Å². The van der Waals surface area contributed by atoms with Crippen molar-refractivity contribution in [3.63, 3.8) is 0 Å². The van der Waals surface area contributed by atoms with Crippen LogP contribution < -0.4 is 10.7 Å². The van der Waals surface area contributed by atoms with Crippen molar-refractivity contribution < 1.29 is 9.53 Å². The van der Waals surface area contributed by atoms with E-state index in [-0.39, 0.29) is 11.0 Å². The van der Waals surface area contributed by atoms with E-state index in [4.69, 9.17) is 4.74 Å². The molecule has 0 saturated heterocycles. The van der Waals surface area contributed by atoms with Gasteiger partial charge in [-0.05, 0) is 37.0 Å². The smallest absolute Gasteiger partial charge is 0.262 e. The normalized spacial score (nSPS) is 11.0. The van der Waals surface area contributed by atoms with Crippen LogP contribution in [0.2, 0.25) is 0 Å². The molecular weight excluding hydrogens is 350 g/mol. The minimum Gasteiger partial charge on any atom is -0.380 e.